The van der Waals surface area contributed by atoms with Crippen molar-refractivity contribution >= 4 is 17.6 Å². The van der Waals surface area contributed by atoms with Crippen molar-refractivity contribution in [1.82, 2.24) is 5.32 Å². The lowest BCUT2D eigenvalue weighted by Crippen LogP contribution is -2.25. The van der Waals surface area contributed by atoms with Crippen LogP contribution >= 0.6 is 0 Å². The lowest BCUT2D eigenvalue weighted by molar-refractivity contribution is -0.385. The zero-order valence-electron chi connectivity index (χ0n) is 11.8. The van der Waals surface area contributed by atoms with Crippen molar-refractivity contribution < 1.29 is 19.2 Å². The van der Waals surface area contributed by atoms with Crippen LogP contribution in [0.1, 0.15) is 36.0 Å². The lowest BCUT2D eigenvalue weighted by atomic mass is 10.1. The molecule has 0 aliphatic heterocycles. The van der Waals surface area contributed by atoms with Gasteiger partial charge < -0.3 is 10.1 Å². The second-order valence-electron chi connectivity index (χ2n) is 4.42. The van der Waals surface area contributed by atoms with E-state index in [-0.39, 0.29) is 17.2 Å². The second-order valence-corrected chi connectivity index (χ2v) is 4.42. The predicted octanol–water partition coefficient (Wildman–Crippen LogP) is 2.06. The van der Waals surface area contributed by atoms with Gasteiger partial charge in [0.05, 0.1) is 12.0 Å². The van der Waals surface area contributed by atoms with Crippen LogP contribution in [0, 0.1) is 10.1 Å². The van der Waals surface area contributed by atoms with Crippen LogP contribution in [0.5, 0.6) is 0 Å². The summed E-state index contributed by atoms with van der Waals surface area (Å²) in [5.74, 6) is -0.714. The van der Waals surface area contributed by atoms with Gasteiger partial charge in [-0.1, -0.05) is 18.6 Å². The predicted molar refractivity (Wildman–Crippen MR) is 75.9 cm³/mol. The standard InChI is InChI=1S/C14H18N2O5/c1-21-13(17)9-3-2-6-10-15-14(18)11-7-4-5-8-12(11)16(19)20/h4-5,7-8H,2-3,6,9-10H2,1H3,(H,15,18). The third kappa shape index (κ3) is 5.60. The monoisotopic (exact) mass is 294 g/mol. The SMILES string of the molecule is COC(=O)CCCCCNC(=O)c1ccccc1[N+](=O)[O-]. The molecule has 7 nitrogen and oxygen atoms in total. The number of nitrogens with zero attached hydrogens (tertiary/aromatic N) is 1. The largest absolute Gasteiger partial charge is 0.469 e. The number of esters is 1. The fourth-order valence-corrected chi connectivity index (χ4v) is 1.80. The number of unbranched alkanes of at least 4 members (excludes halogenated alkanes) is 2. The number of benzene rings is 1. The summed E-state index contributed by atoms with van der Waals surface area (Å²) in [6, 6.07) is 5.82. The Morgan fingerprint density at radius 3 is 2.62 bits per heavy atom. The maximum absolute atomic E-state index is 11.9. The van der Waals surface area contributed by atoms with Crippen LogP contribution in [0.3, 0.4) is 0 Å². The Balaban J connectivity index is 2.35. The molecule has 0 radical (unpaired) electrons. The molecule has 1 N–H and O–H groups in total. The van der Waals surface area contributed by atoms with Crippen LogP contribution in [0.25, 0.3) is 0 Å². The summed E-state index contributed by atoms with van der Waals surface area (Å²) in [4.78, 5) is 33.0. The fourth-order valence-electron chi connectivity index (χ4n) is 1.80. The van der Waals surface area contributed by atoms with Crippen molar-refractivity contribution in [3.8, 4) is 0 Å². The Morgan fingerprint density at radius 1 is 1.24 bits per heavy atom. The van der Waals surface area contributed by atoms with E-state index in [9.17, 15) is 19.7 Å². The minimum absolute atomic E-state index is 0.0528. The van der Waals surface area contributed by atoms with Gasteiger partial charge in [-0.2, -0.15) is 0 Å². The molecule has 0 aliphatic carbocycles. The highest BCUT2D eigenvalue weighted by atomic mass is 16.6. The third-order valence-electron chi connectivity index (χ3n) is 2.92. The first-order valence-corrected chi connectivity index (χ1v) is 6.64. The molecular formula is C14H18N2O5. The van der Waals surface area contributed by atoms with Crippen LogP contribution in [-0.2, 0) is 9.53 Å². The van der Waals surface area contributed by atoms with E-state index in [1.807, 2.05) is 0 Å². The molecule has 21 heavy (non-hydrogen) atoms. The van der Waals surface area contributed by atoms with E-state index in [1.54, 1.807) is 6.07 Å². The molecule has 0 unspecified atom stereocenters. The number of hydrogen-bond acceptors (Lipinski definition) is 5. The van der Waals surface area contributed by atoms with Gasteiger partial charge in [0.15, 0.2) is 0 Å². The minimum Gasteiger partial charge on any atom is -0.469 e. The van der Waals surface area contributed by atoms with Crippen molar-refractivity contribution in [3.05, 3.63) is 39.9 Å². The van der Waals surface area contributed by atoms with Crippen molar-refractivity contribution in [2.75, 3.05) is 13.7 Å². The number of para-hydroxylation sites is 1. The molecule has 0 spiro atoms. The fraction of sp³-hybridized carbons (Fsp3) is 0.429. The van der Waals surface area contributed by atoms with E-state index < -0.39 is 10.8 Å². The summed E-state index contributed by atoms with van der Waals surface area (Å²) >= 11 is 0. The van der Waals surface area contributed by atoms with Crippen molar-refractivity contribution in [1.29, 1.82) is 0 Å². The highest BCUT2D eigenvalue weighted by Crippen LogP contribution is 2.17. The van der Waals surface area contributed by atoms with Gasteiger partial charge in [0, 0.05) is 19.0 Å². The quantitative estimate of drug-likeness (QED) is 0.342. The van der Waals surface area contributed by atoms with Gasteiger partial charge in [-0.05, 0) is 18.9 Å². The summed E-state index contributed by atoms with van der Waals surface area (Å²) < 4.78 is 4.52. The van der Waals surface area contributed by atoms with E-state index >= 15 is 0 Å². The number of amides is 1. The molecule has 0 fully saturated rings. The normalized spacial score (nSPS) is 9.95. The third-order valence-corrected chi connectivity index (χ3v) is 2.92. The molecule has 0 bridgehead atoms. The summed E-state index contributed by atoms with van der Waals surface area (Å²) in [7, 11) is 1.34. The first-order chi connectivity index (χ1) is 10.1. The molecule has 1 aromatic rings. The molecule has 0 heterocycles. The zero-order chi connectivity index (χ0) is 15.7. The van der Waals surface area contributed by atoms with Gasteiger partial charge in [0.25, 0.3) is 11.6 Å². The molecule has 1 rings (SSSR count). The minimum atomic E-state index is -0.578. The molecule has 0 saturated carbocycles. The zero-order valence-corrected chi connectivity index (χ0v) is 11.8. The molecule has 0 saturated heterocycles. The van der Waals surface area contributed by atoms with Gasteiger partial charge >= 0.3 is 5.97 Å². The topological polar surface area (TPSA) is 98.5 Å². The van der Waals surface area contributed by atoms with Crippen LogP contribution in [0.15, 0.2) is 24.3 Å². The summed E-state index contributed by atoms with van der Waals surface area (Å²) in [5.41, 5.74) is -0.155. The van der Waals surface area contributed by atoms with E-state index in [4.69, 9.17) is 0 Å². The number of nitro benzene ring substituents is 1. The number of methoxy groups -OCH3 is 1. The first kappa shape index (κ1) is 16.6. The van der Waals surface area contributed by atoms with E-state index in [0.717, 1.165) is 6.42 Å². The van der Waals surface area contributed by atoms with Gasteiger partial charge in [-0.15, -0.1) is 0 Å². The number of carbonyl (C=O) groups is 2. The molecule has 1 amide bonds. The highest BCUT2D eigenvalue weighted by molar-refractivity contribution is 5.98. The van der Waals surface area contributed by atoms with Crippen LogP contribution in [-0.4, -0.2) is 30.5 Å². The van der Waals surface area contributed by atoms with Gasteiger partial charge in [0.2, 0.25) is 0 Å². The van der Waals surface area contributed by atoms with Gasteiger partial charge in [-0.25, -0.2) is 0 Å². The Morgan fingerprint density at radius 2 is 1.95 bits per heavy atom. The molecule has 0 atom stereocenters. The van der Waals surface area contributed by atoms with Crippen molar-refractivity contribution in [2.45, 2.75) is 25.7 Å². The summed E-state index contributed by atoms with van der Waals surface area (Å²) in [5, 5.41) is 13.5. The number of nitrogens with one attached hydrogen (secondary N) is 1. The second kappa shape index (κ2) is 8.68. The first-order valence-electron chi connectivity index (χ1n) is 6.64. The number of nitro groups is 1. The number of carbonyl (C=O) groups excluding carboxylic acids is 2. The molecule has 7 heteroatoms. The Bertz CT molecular complexity index is 516. The molecule has 0 aromatic heterocycles. The van der Waals surface area contributed by atoms with Crippen LogP contribution in [0.4, 0.5) is 5.69 Å². The average molecular weight is 294 g/mol. The van der Waals surface area contributed by atoms with Gasteiger partial charge in [-0.3, -0.25) is 19.7 Å². The smallest absolute Gasteiger partial charge is 0.305 e. The number of rotatable bonds is 8. The highest BCUT2D eigenvalue weighted by Gasteiger charge is 2.18. The lowest BCUT2D eigenvalue weighted by Gasteiger charge is -2.05. The Labute approximate surface area is 122 Å². The average Bonchev–Trinajstić information content (AvgIpc) is 2.50. The Hall–Kier alpha value is -2.44. The van der Waals surface area contributed by atoms with Crippen LogP contribution < -0.4 is 5.32 Å². The number of hydrogen-bond donors (Lipinski definition) is 1. The van der Waals surface area contributed by atoms with Gasteiger partial charge in [0.1, 0.15) is 5.56 Å². The molecule has 0 aliphatic rings. The Kier molecular flexibility index (Phi) is 6.86. The van der Waals surface area contributed by atoms with Crippen LogP contribution in [0.2, 0.25) is 0 Å². The van der Waals surface area contributed by atoms with E-state index in [0.29, 0.717) is 25.8 Å². The van der Waals surface area contributed by atoms with Crippen molar-refractivity contribution in [3.63, 3.8) is 0 Å². The molecule has 1 aromatic carbocycles. The molecule has 114 valence electrons. The van der Waals surface area contributed by atoms with E-state index in [1.165, 1.54) is 25.3 Å². The van der Waals surface area contributed by atoms with E-state index in [2.05, 4.69) is 10.1 Å². The summed E-state index contributed by atoms with van der Waals surface area (Å²) in [6.45, 7) is 0.409. The summed E-state index contributed by atoms with van der Waals surface area (Å²) in [6.07, 6.45) is 2.51. The maximum atomic E-state index is 11.9. The molecular weight excluding hydrogens is 276 g/mol. The van der Waals surface area contributed by atoms with Crippen molar-refractivity contribution in [2.24, 2.45) is 0 Å². The number of ether oxygens (including phenoxy) is 1. The maximum Gasteiger partial charge on any atom is 0.305 e.